The molecule has 1 saturated carbocycles. The standard InChI is InChI=1S/C19H36N4O4.HI/c1-19(2,3)27-18(24)23(15-6-7-15)11-10-22-17(20-4)21-9-5-12-26-16-8-13-25-14-16;/h15-16H,5-14H2,1-4H3,(H2,20,21,22);1H. The SMILES string of the molecule is CN=C(NCCCOC1CCOC1)NCCN(C(=O)OC(C)(C)C)C1CC1.I. The molecule has 1 atom stereocenters. The van der Waals surface area contributed by atoms with E-state index in [1.807, 2.05) is 25.7 Å². The van der Waals surface area contributed by atoms with E-state index in [-0.39, 0.29) is 36.2 Å². The number of rotatable bonds is 9. The Labute approximate surface area is 186 Å². The summed E-state index contributed by atoms with van der Waals surface area (Å²) in [5.74, 6) is 0.735. The van der Waals surface area contributed by atoms with Gasteiger partial charge in [-0.2, -0.15) is 0 Å². The number of nitrogens with zero attached hydrogens (tertiary/aromatic N) is 2. The first-order valence-corrected chi connectivity index (χ1v) is 10.0. The van der Waals surface area contributed by atoms with E-state index in [2.05, 4.69) is 15.6 Å². The topological polar surface area (TPSA) is 84.4 Å². The minimum Gasteiger partial charge on any atom is -0.444 e. The van der Waals surface area contributed by atoms with Crippen LogP contribution in [0, 0.1) is 0 Å². The van der Waals surface area contributed by atoms with Gasteiger partial charge in [-0.3, -0.25) is 4.99 Å². The van der Waals surface area contributed by atoms with Crippen LogP contribution in [-0.2, 0) is 14.2 Å². The Bertz CT molecular complexity index is 489. The maximum atomic E-state index is 12.3. The molecule has 1 unspecified atom stereocenters. The van der Waals surface area contributed by atoms with E-state index >= 15 is 0 Å². The molecule has 1 saturated heterocycles. The van der Waals surface area contributed by atoms with E-state index in [0.29, 0.717) is 32.3 Å². The van der Waals surface area contributed by atoms with Crippen LogP contribution in [0.4, 0.5) is 4.79 Å². The van der Waals surface area contributed by atoms with E-state index in [0.717, 1.165) is 44.8 Å². The van der Waals surface area contributed by atoms with Crippen molar-refractivity contribution in [3.63, 3.8) is 0 Å². The van der Waals surface area contributed by atoms with Crippen molar-refractivity contribution >= 4 is 36.0 Å². The molecule has 8 nitrogen and oxygen atoms in total. The highest BCUT2D eigenvalue weighted by atomic mass is 127. The summed E-state index contributed by atoms with van der Waals surface area (Å²) in [4.78, 5) is 18.4. The number of carbonyl (C=O) groups excluding carboxylic acids is 1. The van der Waals surface area contributed by atoms with Crippen LogP contribution in [0.25, 0.3) is 0 Å². The van der Waals surface area contributed by atoms with Gasteiger partial charge in [-0.25, -0.2) is 4.79 Å². The number of hydrogen-bond acceptors (Lipinski definition) is 5. The van der Waals surface area contributed by atoms with Crippen molar-refractivity contribution < 1.29 is 19.0 Å². The second kappa shape index (κ2) is 12.7. The van der Waals surface area contributed by atoms with Crippen LogP contribution in [0.3, 0.4) is 0 Å². The van der Waals surface area contributed by atoms with Gasteiger partial charge in [-0.05, 0) is 46.5 Å². The van der Waals surface area contributed by atoms with Crippen molar-refractivity contribution in [2.45, 2.75) is 64.2 Å². The molecule has 0 radical (unpaired) electrons. The predicted octanol–water partition coefficient (Wildman–Crippen LogP) is 2.36. The molecule has 0 aromatic heterocycles. The molecule has 2 N–H and O–H groups in total. The van der Waals surface area contributed by atoms with Crippen molar-refractivity contribution in [3.8, 4) is 0 Å². The lowest BCUT2D eigenvalue weighted by atomic mass is 10.2. The number of hydrogen-bond donors (Lipinski definition) is 2. The number of guanidine groups is 1. The summed E-state index contributed by atoms with van der Waals surface area (Å²) in [6.45, 7) is 9.93. The molecule has 9 heteroatoms. The Balaban J connectivity index is 0.00000392. The van der Waals surface area contributed by atoms with Gasteiger partial charge in [-0.15, -0.1) is 24.0 Å². The number of amides is 1. The van der Waals surface area contributed by atoms with Crippen LogP contribution in [0.2, 0.25) is 0 Å². The summed E-state index contributed by atoms with van der Waals surface area (Å²) in [5, 5.41) is 6.53. The van der Waals surface area contributed by atoms with E-state index in [1.54, 1.807) is 7.05 Å². The van der Waals surface area contributed by atoms with Gasteiger partial charge in [0.2, 0.25) is 0 Å². The zero-order valence-corrected chi connectivity index (χ0v) is 20.0. The molecule has 0 spiro atoms. The van der Waals surface area contributed by atoms with Crippen molar-refractivity contribution in [2.24, 2.45) is 4.99 Å². The van der Waals surface area contributed by atoms with Crippen molar-refractivity contribution in [1.29, 1.82) is 0 Å². The fourth-order valence-electron chi connectivity index (χ4n) is 2.82. The summed E-state index contributed by atoms with van der Waals surface area (Å²) in [7, 11) is 1.74. The lowest BCUT2D eigenvalue weighted by molar-refractivity contribution is 0.0237. The number of ether oxygens (including phenoxy) is 3. The lowest BCUT2D eigenvalue weighted by Gasteiger charge is -2.27. The van der Waals surface area contributed by atoms with E-state index < -0.39 is 5.60 Å². The smallest absolute Gasteiger partial charge is 0.410 e. The Morgan fingerprint density at radius 3 is 2.50 bits per heavy atom. The molecule has 0 aromatic rings. The summed E-state index contributed by atoms with van der Waals surface area (Å²) in [5.41, 5.74) is -0.470. The van der Waals surface area contributed by atoms with Gasteiger partial charge in [0.25, 0.3) is 0 Å². The number of nitrogens with one attached hydrogen (secondary N) is 2. The average molecular weight is 512 g/mol. The molecule has 1 aliphatic heterocycles. The van der Waals surface area contributed by atoms with Crippen molar-refractivity contribution in [3.05, 3.63) is 0 Å². The zero-order valence-electron chi connectivity index (χ0n) is 17.7. The Morgan fingerprint density at radius 2 is 1.93 bits per heavy atom. The van der Waals surface area contributed by atoms with Gasteiger partial charge in [0.05, 0.1) is 12.7 Å². The van der Waals surface area contributed by atoms with E-state index in [9.17, 15) is 4.79 Å². The highest BCUT2D eigenvalue weighted by Gasteiger charge is 2.34. The third kappa shape index (κ3) is 10.1. The lowest BCUT2D eigenvalue weighted by Crippen LogP contribution is -2.45. The summed E-state index contributed by atoms with van der Waals surface area (Å²) in [6.07, 6.45) is 4.03. The Kier molecular flexibility index (Phi) is 11.4. The Hall–Kier alpha value is -0.810. The molecule has 28 heavy (non-hydrogen) atoms. The minimum atomic E-state index is -0.470. The minimum absolute atomic E-state index is 0. The quantitative estimate of drug-likeness (QED) is 0.214. The first-order valence-electron chi connectivity index (χ1n) is 10.0. The maximum absolute atomic E-state index is 12.3. The van der Waals surface area contributed by atoms with Gasteiger partial charge in [-0.1, -0.05) is 0 Å². The molecule has 0 bridgehead atoms. The van der Waals surface area contributed by atoms with Crippen LogP contribution in [0.1, 0.15) is 46.5 Å². The normalized spacial score (nSPS) is 19.7. The molecule has 0 aromatic carbocycles. The van der Waals surface area contributed by atoms with Crippen LogP contribution in [-0.4, -0.2) is 81.2 Å². The molecular weight excluding hydrogens is 475 g/mol. The molecule has 2 rings (SSSR count). The van der Waals surface area contributed by atoms with Crippen molar-refractivity contribution in [2.75, 3.05) is 46.5 Å². The van der Waals surface area contributed by atoms with Crippen LogP contribution in [0.15, 0.2) is 4.99 Å². The summed E-state index contributed by atoms with van der Waals surface area (Å²) in [6, 6.07) is 0.313. The fraction of sp³-hybridized carbons (Fsp3) is 0.895. The number of halogens is 1. The zero-order chi connectivity index (χ0) is 19.7. The fourth-order valence-corrected chi connectivity index (χ4v) is 2.82. The highest BCUT2D eigenvalue weighted by molar-refractivity contribution is 14.0. The molecule has 1 amide bonds. The van der Waals surface area contributed by atoms with Gasteiger partial charge in [0.1, 0.15) is 5.60 Å². The first-order chi connectivity index (χ1) is 12.9. The molecule has 2 aliphatic rings. The van der Waals surface area contributed by atoms with Crippen LogP contribution in [0.5, 0.6) is 0 Å². The van der Waals surface area contributed by atoms with Crippen LogP contribution < -0.4 is 10.6 Å². The second-order valence-corrected chi connectivity index (χ2v) is 8.04. The van der Waals surface area contributed by atoms with Crippen LogP contribution >= 0.6 is 24.0 Å². The largest absolute Gasteiger partial charge is 0.444 e. The number of carbonyl (C=O) groups is 1. The molecule has 1 heterocycles. The predicted molar refractivity (Wildman–Crippen MR) is 121 cm³/mol. The summed E-state index contributed by atoms with van der Waals surface area (Å²) >= 11 is 0. The van der Waals surface area contributed by atoms with Gasteiger partial charge >= 0.3 is 6.09 Å². The molecule has 164 valence electrons. The molecular formula is C19H37IN4O4. The maximum Gasteiger partial charge on any atom is 0.410 e. The van der Waals surface area contributed by atoms with Gasteiger partial charge < -0.3 is 29.7 Å². The van der Waals surface area contributed by atoms with E-state index in [1.165, 1.54) is 0 Å². The third-order valence-corrected chi connectivity index (χ3v) is 4.34. The molecule has 2 fully saturated rings. The first kappa shape index (κ1) is 25.2. The monoisotopic (exact) mass is 512 g/mol. The van der Waals surface area contributed by atoms with Gasteiger partial charge in [0.15, 0.2) is 5.96 Å². The summed E-state index contributed by atoms with van der Waals surface area (Å²) < 4.78 is 16.5. The second-order valence-electron chi connectivity index (χ2n) is 8.04. The van der Waals surface area contributed by atoms with Gasteiger partial charge in [0, 0.05) is 45.9 Å². The highest BCUT2D eigenvalue weighted by Crippen LogP contribution is 2.28. The molecule has 1 aliphatic carbocycles. The van der Waals surface area contributed by atoms with Crippen molar-refractivity contribution in [1.82, 2.24) is 15.5 Å². The van der Waals surface area contributed by atoms with E-state index in [4.69, 9.17) is 14.2 Å². The average Bonchev–Trinajstić information content (AvgIpc) is 3.29. The number of aliphatic imine (C=N–C) groups is 1. The Morgan fingerprint density at radius 1 is 1.21 bits per heavy atom. The third-order valence-electron chi connectivity index (χ3n) is 4.34.